The van der Waals surface area contributed by atoms with E-state index in [0.717, 1.165) is 57.5 Å². The number of anilines is 1. The summed E-state index contributed by atoms with van der Waals surface area (Å²) >= 11 is 0. The molecular weight excluding hydrogens is 364 g/mol. The van der Waals surface area contributed by atoms with Crippen molar-refractivity contribution in [1.82, 2.24) is 20.1 Å². The summed E-state index contributed by atoms with van der Waals surface area (Å²) in [6.45, 7) is 4.45. The van der Waals surface area contributed by atoms with Crippen LogP contribution in [0.5, 0.6) is 5.75 Å². The summed E-state index contributed by atoms with van der Waals surface area (Å²) in [6, 6.07) is 10.6. The zero-order valence-electron chi connectivity index (χ0n) is 16.4. The fourth-order valence-electron chi connectivity index (χ4n) is 4.00. The molecule has 0 radical (unpaired) electrons. The van der Waals surface area contributed by atoms with Crippen LogP contribution < -0.4 is 15.4 Å². The topological polar surface area (TPSA) is 90.7 Å². The Morgan fingerprint density at radius 1 is 1.34 bits per heavy atom. The highest BCUT2D eigenvalue weighted by molar-refractivity contribution is 5.93. The van der Waals surface area contributed by atoms with Gasteiger partial charge in [-0.25, -0.2) is 0 Å². The van der Waals surface area contributed by atoms with E-state index in [-0.39, 0.29) is 0 Å². The Bertz CT molecular complexity index is 1260. The van der Waals surface area contributed by atoms with Gasteiger partial charge in [0, 0.05) is 47.3 Å². The Morgan fingerprint density at radius 3 is 2.93 bits per heavy atom. The van der Waals surface area contributed by atoms with Crippen molar-refractivity contribution < 1.29 is 4.74 Å². The summed E-state index contributed by atoms with van der Waals surface area (Å²) in [7, 11) is 1.70. The molecule has 1 aliphatic heterocycles. The lowest BCUT2D eigenvalue weighted by molar-refractivity contribution is 0.408. The molecule has 5 rings (SSSR count). The molecule has 2 aromatic heterocycles. The Hall–Kier alpha value is -3.50. The number of ether oxygens (including phenoxy) is 1. The van der Waals surface area contributed by atoms with E-state index >= 15 is 0 Å². The van der Waals surface area contributed by atoms with Gasteiger partial charge in [0.05, 0.1) is 30.9 Å². The van der Waals surface area contributed by atoms with Gasteiger partial charge < -0.3 is 20.4 Å². The number of aromatic nitrogens is 3. The first kappa shape index (κ1) is 17.6. The Balaban J connectivity index is 1.59. The van der Waals surface area contributed by atoms with Crippen LogP contribution in [0.3, 0.4) is 0 Å². The fraction of sp³-hybridized carbons (Fsp3) is 0.273. The minimum absolute atomic E-state index is 0.328. The Labute approximate surface area is 168 Å². The second-order valence-corrected chi connectivity index (χ2v) is 7.50. The van der Waals surface area contributed by atoms with Crippen molar-refractivity contribution in [2.24, 2.45) is 0 Å². The van der Waals surface area contributed by atoms with E-state index < -0.39 is 0 Å². The summed E-state index contributed by atoms with van der Waals surface area (Å²) in [5, 5.41) is 23.3. The third kappa shape index (κ3) is 2.89. The maximum atomic E-state index is 9.55. The van der Waals surface area contributed by atoms with E-state index in [4.69, 9.17) is 9.84 Å². The first-order chi connectivity index (χ1) is 14.2. The number of nitrogens with one attached hydrogen (secondary N) is 3. The van der Waals surface area contributed by atoms with Gasteiger partial charge in [-0.3, -0.25) is 4.68 Å². The molecule has 3 heterocycles. The van der Waals surface area contributed by atoms with E-state index in [2.05, 4.69) is 40.7 Å². The van der Waals surface area contributed by atoms with Crippen molar-refractivity contribution in [2.75, 3.05) is 25.5 Å². The van der Waals surface area contributed by atoms with Gasteiger partial charge >= 0.3 is 0 Å². The predicted octanol–water partition coefficient (Wildman–Crippen LogP) is 3.14. The SMILES string of the molecule is COc1cc(C)c2[nH]ccc2c1Cn1cc2ccc(C#N)c(NC3CNC3)c2n1. The number of fused-ring (bicyclic) bond motifs is 2. The van der Waals surface area contributed by atoms with Gasteiger partial charge in [0.25, 0.3) is 0 Å². The van der Waals surface area contributed by atoms with Crippen LogP contribution in [0.1, 0.15) is 16.7 Å². The molecule has 7 heteroatoms. The second kappa shape index (κ2) is 6.83. The monoisotopic (exact) mass is 386 g/mol. The van der Waals surface area contributed by atoms with Crippen LogP contribution in [-0.2, 0) is 6.54 Å². The molecule has 0 atom stereocenters. The molecule has 0 saturated carbocycles. The molecular formula is C22H22N6O. The van der Waals surface area contributed by atoms with Crippen LogP contribution in [0.25, 0.3) is 21.8 Å². The van der Waals surface area contributed by atoms with E-state index in [0.29, 0.717) is 18.2 Å². The highest BCUT2D eigenvalue weighted by Gasteiger charge is 2.21. The third-order valence-electron chi connectivity index (χ3n) is 5.63. The van der Waals surface area contributed by atoms with E-state index in [9.17, 15) is 5.26 Å². The number of benzene rings is 2. The summed E-state index contributed by atoms with van der Waals surface area (Å²) in [5.74, 6) is 0.853. The summed E-state index contributed by atoms with van der Waals surface area (Å²) in [5.41, 5.74) is 5.61. The molecule has 4 aromatic rings. The smallest absolute Gasteiger partial charge is 0.124 e. The quantitative estimate of drug-likeness (QED) is 0.490. The number of nitriles is 1. The van der Waals surface area contributed by atoms with Crippen molar-refractivity contribution in [3.05, 3.63) is 53.3 Å². The van der Waals surface area contributed by atoms with Crippen LogP contribution in [-0.4, -0.2) is 41.0 Å². The number of hydrogen-bond acceptors (Lipinski definition) is 5. The molecule has 146 valence electrons. The number of aromatic amines is 1. The van der Waals surface area contributed by atoms with Gasteiger partial charge in [-0.2, -0.15) is 10.4 Å². The lowest BCUT2D eigenvalue weighted by atomic mass is 10.0. The van der Waals surface area contributed by atoms with Gasteiger partial charge in [0.1, 0.15) is 17.3 Å². The molecule has 0 spiro atoms. The van der Waals surface area contributed by atoms with E-state index in [1.165, 1.54) is 0 Å². The van der Waals surface area contributed by atoms with E-state index in [1.807, 2.05) is 29.2 Å². The molecule has 1 saturated heterocycles. The van der Waals surface area contributed by atoms with Crippen molar-refractivity contribution in [2.45, 2.75) is 19.5 Å². The third-order valence-corrected chi connectivity index (χ3v) is 5.63. The number of nitrogens with zero attached hydrogens (tertiary/aromatic N) is 3. The lowest BCUT2D eigenvalue weighted by Crippen LogP contribution is -2.51. The molecule has 7 nitrogen and oxygen atoms in total. The number of aryl methyl sites for hydroxylation is 1. The molecule has 1 fully saturated rings. The molecule has 1 aliphatic rings. The Morgan fingerprint density at radius 2 is 2.21 bits per heavy atom. The van der Waals surface area contributed by atoms with Crippen molar-refractivity contribution in [3.63, 3.8) is 0 Å². The van der Waals surface area contributed by atoms with Crippen LogP contribution in [0.2, 0.25) is 0 Å². The first-order valence-corrected chi connectivity index (χ1v) is 9.69. The highest BCUT2D eigenvalue weighted by Crippen LogP contribution is 2.32. The van der Waals surface area contributed by atoms with Crippen LogP contribution in [0.15, 0.2) is 36.7 Å². The minimum Gasteiger partial charge on any atom is -0.496 e. The van der Waals surface area contributed by atoms with Crippen LogP contribution >= 0.6 is 0 Å². The van der Waals surface area contributed by atoms with Gasteiger partial charge in [-0.15, -0.1) is 0 Å². The molecule has 3 N–H and O–H groups in total. The Kier molecular flexibility index (Phi) is 4.14. The molecule has 0 aliphatic carbocycles. The maximum Gasteiger partial charge on any atom is 0.124 e. The molecule has 0 amide bonds. The fourth-order valence-corrected chi connectivity index (χ4v) is 4.00. The van der Waals surface area contributed by atoms with E-state index in [1.54, 1.807) is 7.11 Å². The van der Waals surface area contributed by atoms with Crippen molar-refractivity contribution in [3.8, 4) is 11.8 Å². The maximum absolute atomic E-state index is 9.55. The predicted molar refractivity (Wildman–Crippen MR) is 113 cm³/mol. The number of H-pyrrole nitrogens is 1. The lowest BCUT2D eigenvalue weighted by Gasteiger charge is -2.29. The number of hydrogen-bond donors (Lipinski definition) is 3. The molecule has 0 bridgehead atoms. The van der Waals surface area contributed by atoms with Gasteiger partial charge in [-0.05, 0) is 36.8 Å². The van der Waals surface area contributed by atoms with Crippen LogP contribution in [0, 0.1) is 18.3 Å². The van der Waals surface area contributed by atoms with Crippen molar-refractivity contribution in [1.29, 1.82) is 5.26 Å². The molecule has 0 unspecified atom stereocenters. The normalized spacial score (nSPS) is 14.1. The zero-order chi connectivity index (χ0) is 20.0. The minimum atomic E-state index is 0.328. The van der Waals surface area contributed by atoms with Gasteiger partial charge in [0.2, 0.25) is 0 Å². The number of methoxy groups -OCH3 is 1. The molecule has 2 aromatic carbocycles. The average molecular weight is 386 g/mol. The van der Waals surface area contributed by atoms with Crippen molar-refractivity contribution >= 4 is 27.5 Å². The zero-order valence-corrected chi connectivity index (χ0v) is 16.4. The van der Waals surface area contributed by atoms with Crippen LogP contribution in [0.4, 0.5) is 5.69 Å². The number of rotatable bonds is 5. The average Bonchev–Trinajstić information content (AvgIpc) is 3.33. The summed E-state index contributed by atoms with van der Waals surface area (Å²) < 4.78 is 7.59. The second-order valence-electron chi connectivity index (χ2n) is 7.50. The van der Waals surface area contributed by atoms with Gasteiger partial charge in [0.15, 0.2) is 0 Å². The van der Waals surface area contributed by atoms with Gasteiger partial charge in [-0.1, -0.05) is 0 Å². The highest BCUT2D eigenvalue weighted by atomic mass is 16.5. The standard InChI is InChI=1S/C22H22N6O/c1-13-7-19(29-2)18(17-5-6-25-20(13)17)12-28-11-15-4-3-14(8-23)21(22(15)27-28)26-16-9-24-10-16/h3-7,11,16,24-26H,9-10,12H2,1-2H3. The largest absolute Gasteiger partial charge is 0.496 e. The first-order valence-electron chi connectivity index (χ1n) is 9.69. The summed E-state index contributed by atoms with van der Waals surface area (Å²) in [6.07, 6.45) is 3.98. The molecule has 29 heavy (non-hydrogen) atoms. The summed E-state index contributed by atoms with van der Waals surface area (Å²) in [4.78, 5) is 3.31.